The second-order valence-corrected chi connectivity index (χ2v) is 4.27. The first-order chi connectivity index (χ1) is 9.62. The van der Waals surface area contributed by atoms with Crippen LogP contribution in [-0.4, -0.2) is 45.0 Å². The van der Waals surface area contributed by atoms with E-state index in [0.717, 1.165) is 12.5 Å². The molecule has 0 aliphatic carbocycles. The molecular weight excluding hydrogens is 268 g/mol. The molecule has 1 heterocycles. The minimum Gasteiger partial charge on any atom is -0.382 e. The highest BCUT2D eigenvalue weighted by molar-refractivity contribution is 5.47. The Bertz CT molecular complexity index is 419. The molecule has 1 rings (SSSR count). The van der Waals surface area contributed by atoms with Crippen LogP contribution in [0.25, 0.3) is 0 Å². The predicted molar refractivity (Wildman–Crippen MR) is 74.1 cm³/mol. The van der Waals surface area contributed by atoms with Crippen molar-refractivity contribution in [2.24, 2.45) is 0 Å². The van der Waals surface area contributed by atoms with Gasteiger partial charge < -0.3 is 20.1 Å². The molecule has 0 aliphatic heterocycles. The Morgan fingerprint density at radius 2 is 1.85 bits per heavy atom. The molecule has 0 saturated heterocycles. The number of nitrogens with one attached hydrogen (secondary N) is 2. The van der Waals surface area contributed by atoms with Crippen LogP contribution in [0.2, 0.25) is 0 Å². The molecule has 0 spiro atoms. The summed E-state index contributed by atoms with van der Waals surface area (Å²) >= 11 is 0. The zero-order chi connectivity index (χ0) is 15.0. The van der Waals surface area contributed by atoms with Crippen LogP contribution in [0.5, 0.6) is 0 Å². The molecule has 0 aromatic carbocycles. The summed E-state index contributed by atoms with van der Waals surface area (Å²) in [6, 6.07) is 0.811. The summed E-state index contributed by atoms with van der Waals surface area (Å²) in [4.78, 5) is 3.91. The van der Waals surface area contributed by atoms with Crippen molar-refractivity contribution in [3.63, 3.8) is 0 Å². The Morgan fingerprint density at radius 1 is 1.20 bits per heavy atom. The molecule has 7 heteroatoms. The van der Waals surface area contributed by atoms with Crippen molar-refractivity contribution in [3.05, 3.63) is 17.7 Å². The molecule has 1 aromatic rings. The van der Waals surface area contributed by atoms with Crippen molar-refractivity contribution < 1.29 is 18.3 Å². The van der Waals surface area contributed by atoms with Crippen LogP contribution in [0.1, 0.15) is 13.3 Å². The van der Waals surface area contributed by atoms with E-state index < -0.39 is 11.6 Å². The minimum atomic E-state index is -0.739. The predicted octanol–water partition coefficient (Wildman–Crippen LogP) is 2.25. The Kier molecular flexibility index (Phi) is 7.17. The lowest BCUT2D eigenvalue weighted by atomic mass is 10.3. The van der Waals surface area contributed by atoms with Gasteiger partial charge in [0.2, 0.25) is 0 Å². The Labute approximate surface area is 117 Å². The summed E-state index contributed by atoms with van der Waals surface area (Å²) < 4.78 is 37.2. The topological polar surface area (TPSA) is 55.4 Å². The molecule has 1 atom stereocenters. The van der Waals surface area contributed by atoms with Crippen molar-refractivity contribution >= 4 is 11.6 Å². The lowest BCUT2D eigenvalue weighted by Crippen LogP contribution is -2.27. The standard InChI is InChI=1S/C13H21F2N3O2/c1-4-5-16-12-10(14)6-11(15)13(18-12)17-7-9(20-3)8-19-2/h6,9H,4-5,7-8H2,1-3H3,(H2,16,17,18). The van der Waals surface area contributed by atoms with Crippen LogP contribution in [0, 0.1) is 11.6 Å². The second kappa shape index (κ2) is 8.65. The summed E-state index contributed by atoms with van der Waals surface area (Å²) in [6.45, 7) is 3.20. The number of anilines is 2. The summed E-state index contributed by atoms with van der Waals surface area (Å²) in [6.07, 6.45) is 0.583. The van der Waals surface area contributed by atoms with E-state index in [4.69, 9.17) is 9.47 Å². The quantitative estimate of drug-likeness (QED) is 0.730. The largest absolute Gasteiger partial charge is 0.382 e. The van der Waals surface area contributed by atoms with Gasteiger partial charge in [-0.1, -0.05) is 6.92 Å². The fourth-order valence-electron chi connectivity index (χ4n) is 1.56. The van der Waals surface area contributed by atoms with E-state index in [-0.39, 0.29) is 17.7 Å². The molecule has 0 fully saturated rings. The maximum Gasteiger partial charge on any atom is 0.168 e. The number of pyridine rings is 1. The van der Waals surface area contributed by atoms with Crippen molar-refractivity contribution in [2.75, 3.05) is 44.5 Å². The molecule has 5 nitrogen and oxygen atoms in total. The van der Waals surface area contributed by atoms with E-state index in [9.17, 15) is 8.78 Å². The van der Waals surface area contributed by atoms with Gasteiger partial charge in [0.05, 0.1) is 12.7 Å². The number of hydrogen-bond acceptors (Lipinski definition) is 5. The van der Waals surface area contributed by atoms with Gasteiger partial charge in [0.15, 0.2) is 23.3 Å². The van der Waals surface area contributed by atoms with E-state index >= 15 is 0 Å². The van der Waals surface area contributed by atoms with Gasteiger partial charge in [0, 0.05) is 33.4 Å². The monoisotopic (exact) mass is 289 g/mol. The number of aromatic nitrogens is 1. The number of hydrogen-bond donors (Lipinski definition) is 2. The molecule has 20 heavy (non-hydrogen) atoms. The molecule has 0 bridgehead atoms. The third-order valence-electron chi connectivity index (χ3n) is 2.66. The van der Waals surface area contributed by atoms with Crippen molar-refractivity contribution in [2.45, 2.75) is 19.4 Å². The molecule has 0 aliphatic rings. The molecule has 0 saturated carbocycles. The van der Waals surface area contributed by atoms with Gasteiger partial charge in [-0.05, 0) is 6.42 Å². The van der Waals surface area contributed by atoms with Crippen LogP contribution in [0.3, 0.4) is 0 Å². The van der Waals surface area contributed by atoms with Crippen molar-refractivity contribution in [3.8, 4) is 0 Å². The Morgan fingerprint density at radius 3 is 2.40 bits per heavy atom. The molecule has 0 radical (unpaired) electrons. The number of nitrogens with zero attached hydrogens (tertiary/aromatic N) is 1. The van der Waals surface area contributed by atoms with E-state index in [0.29, 0.717) is 19.7 Å². The molecule has 1 unspecified atom stereocenters. The van der Waals surface area contributed by atoms with E-state index in [1.165, 1.54) is 7.11 Å². The molecule has 114 valence electrons. The van der Waals surface area contributed by atoms with Gasteiger partial charge in [-0.25, -0.2) is 13.8 Å². The van der Waals surface area contributed by atoms with E-state index in [1.807, 2.05) is 6.92 Å². The lowest BCUT2D eigenvalue weighted by Gasteiger charge is -2.16. The average Bonchev–Trinajstić information content (AvgIpc) is 2.43. The van der Waals surface area contributed by atoms with Crippen LogP contribution in [-0.2, 0) is 9.47 Å². The van der Waals surface area contributed by atoms with Crippen LogP contribution in [0.15, 0.2) is 6.07 Å². The minimum absolute atomic E-state index is 0.0110. The second-order valence-electron chi connectivity index (χ2n) is 4.27. The van der Waals surface area contributed by atoms with E-state index in [2.05, 4.69) is 15.6 Å². The van der Waals surface area contributed by atoms with Crippen molar-refractivity contribution in [1.29, 1.82) is 0 Å². The Hall–Kier alpha value is -1.47. The molecular formula is C13H21F2N3O2. The van der Waals surface area contributed by atoms with Gasteiger partial charge in [-0.15, -0.1) is 0 Å². The number of methoxy groups -OCH3 is 2. The van der Waals surface area contributed by atoms with Crippen LogP contribution in [0.4, 0.5) is 20.4 Å². The third-order valence-corrected chi connectivity index (χ3v) is 2.66. The van der Waals surface area contributed by atoms with Gasteiger partial charge in [0.1, 0.15) is 0 Å². The van der Waals surface area contributed by atoms with Gasteiger partial charge >= 0.3 is 0 Å². The first kappa shape index (κ1) is 16.6. The molecule has 0 amide bonds. The number of ether oxygens (including phenoxy) is 2. The molecule has 2 N–H and O–H groups in total. The average molecular weight is 289 g/mol. The first-order valence-electron chi connectivity index (χ1n) is 6.47. The normalized spacial score (nSPS) is 12.2. The van der Waals surface area contributed by atoms with Gasteiger partial charge in [0.25, 0.3) is 0 Å². The highest BCUT2D eigenvalue weighted by atomic mass is 19.1. The maximum atomic E-state index is 13.6. The summed E-state index contributed by atoms with van der Waals surface area (Å²) in [5.41, 5.74) is 0. The third kappa shape index (κ3) is 4.90. The zero-order valence-electron chi connectivity index (χ0n) is 12.0. The van der Waals surface area contributed by atoms with Crippen LogP contribution < -0.4 is 10.6 Å². The lowest BCUT2D eigenvalue weighted by molar-refractivity contribution is 0.0365. The summed E-state index contributed by atoms with van der Waals surface area (Å²) in [7, 11) is 3.09. The maximum absolute atomic E-state index is 13.6. The van der Waals surface area contributed by atoms with E-state index in [1.54, 1.807) is 7.11 Å². The summed E-state index contributed by atoms with van der Waals surface area (Å²) in [5.74, 6) is -1.42. The highest BCUT2D eigenvalue weighted by Gasteiger charge is 2.13. The molecule has 1 aromatic heterocycles. The number of rotatable bonds is 9. The SMILES string of the molecule is CCCNc1nc(NCC(COC)OC)c(F)cc1F. The fourth-order valence-corrected chi connectivity index (χ4v) is 1.56. The fraction of sp³-hybridized carbons (Fsp3) is 0.615. The van der Waals surface area contributed by atoms with Crippen LogP contribution >= 0.6 is 0 Å². The Balaban J connectivity index is 2.73. The first-order valence-corrected chi connectivity index (χ1v) is 6.47. The smallest absolute Gasteiger partial charge is 0.168 e. The zero-order valence-corrected chi connectivity index (χ0v) is 12.0. The number of halogens is 2. The summed E-state index contributed by atoms with van der Waals surface area (Å²) in [5, 5.41) is 5.60. The highest BCUT2D eigenvalue weighted by Crippen LogP contribution is 2.19. The van der Waals surface area contributed by atoms with Gasteiger partial charge in [-0.3, -0.25) is 0 Å². The van der Waals surface area contributed by atoms with Crippen molar-refractivity contribution in [1.82, 2.24) is 4.98 Å². The van der Waals surface area contributed by atoms with Gasteiger partial charge in [-0.2, -0.15) is 0 Å².